The van der Waals surface area contributed by atoms with Crippen molar-refractivity contribution in [1.82, 2.24) is 25.3 Å². The van der Waals surface area contributed by atoms with Gasteiger partial charge in [0.2, 0.25) is 5.91 Å². The predicted octanol–water partition coefficient (Wildman–Crippen LogP) is 3.29. The number of piperazine rings is 1. The van der Waals surface area contributed by atoms with E-state index in [0.29, 0.717) is 29.7 Å². The number of nitrogens with zero attached hydrogens (tertiary/aromatic N) is 5. The summed E-state index contributed by atoms with van der Waals surface area (Å²) in [6.07, 6.45) is 3.73. The molecule has 4 aliphatic rings. The van der Waals surface area contributed by atoms with Crippen molar-refractivity contribution in [2.45, 2.75) is 44.3 Å². The van der Waals surface area contributed by atoms with Crippen molar-refractivity contribution in [2.75, 3.05) is 65.9 Å². The number of hydrogen-bond donors (Lipinski definition) is 4. The van der Waals surface area contributed by atoms with Crippen LogP contribution in [-0.2, 0) is 4.79 Å². The van der Waals surface area contributed by atoms with E-state index < -0.39 is 12.2 Å². The van der Waals surface area contributed by atoms with Crippen molar-refractivity contribution < 1.29 is 24.2 Å². The quantitative estimate of drug-likeness (QED) is 0.292. The number of carbonyl (C=O) groups excluding carboxylic acids is 2. The molecule has 3 unspecified atom stereocenters. The second-order valence-corrected chi connectivity index (χ2v) is 12.6. The summed E-state index contributed by atoms with van der Waals surface area (Å²) >= 11 is 12.9. The average molecular weight is 678 g/mol. The molecule has 0 aromatic heterocycles. The molecular formula is C31H42Cl2N8O5. The highest BCUT2D eigenvalue weighted by molar-refractivity contribution is 6.41. The van der Waals surface area contributed by atoms with Gasteiger partial charge in [-0.3, -0.25) is 19.5 Å². The first-order valence-corrected chi connectivity index (χ1v) is 16.1. The van der Waals surface area contributed by atoms with Crippen molar-refractivity contribution in [1.29, 1.82) is 0 Å². The second kappa shape index (κ2) is 14.2. The first-order chi connectivity index (χ1) is 22.0. The van der Waals surface area contributed by atoms with E-state index in [2.05, 4.69) is 37.3 Å². The molecule has 0 bridgehead atoms. The van der Waals surface area contributed by atoms with Gasteiger partial charge in [0.25, 0.3) is 0 Å². The molecule has 250 valence electrons. The lowest BCUT2D eigenvalue weighted by molar-refractivity contribution is -0.116. The summed E-state index contributed by atoms with van der Waals surface area (Å²) in [6.45, 7) is 10.0. The van der Waals surface area contributed by atoms with Gasteiger partial charge >= 0.3 is 6.03 Å². The van der Waals surface area contributed by atoms with Gasteiger partial charge in [-0.1, -0.05) is 29.8 Å². The van der Waals surface area contributed by atoms with Crippen LogP contribution in [0.1, 0.15) is 32.6 Å². The molecule has 2 aliphatic carbocycles. The zero-order chi connectivity index (χ0) is 33.2. The number of rotatable bonds is 9. The van der Waals surface area contributed by atoms with E-state index in [0.717, 1.165) is 56.8 Å². The van der Waals surface area contributed by atoms with Crippen LogP contribution in [0.2, 0.25) is 10.0 Å². The number of aliphatic hydroxyl groups excluding tert-OH is 1. The number of ether oxygens (including phenoxy) is 2. The molecule has 15 heteroatoms. The van der Waals surface area contributed by atoms with Gasteiger partial charge in [0.1, 0.15) is 39.4 Å². The molecule has 1 saturated carbocycles. The number of hydrogen-bond acceptors (Lipinski definition) is 10. The normalized spacial score (nSPS) is 24.7. The van der Waals surface area contributed by atoms with Crippen LogP contribution >= 0.6 is 23.2 Å². The summed E-state index contributed by atoms with van der Waals surface area (Å²) in [4.78, 5) is 41.5. The fourth-order valence-corrected chi connectivity index (χ4v) is 7.24. The van der Waals surface area contributed by atoms with Crippen LogP contribution in [0.15, 0.2) is 40.1 Å². The second-order valence-electron chi connectivity index (χ2n) is 11.8. The molecule has 1 saturated heterocycles. The first kappa shape index (κ1) is 34.0. The SMILES string of the molecule is C=CC(=O)NC1=C(NC2=NC(C)N=C(N(C)C(=O)Nc3c(Cl)c(OC)cc(OC)c3Cl)C2)CCC2(N3CCN(CCO)CC3)CC12. The van der Waals surface area contributed by atoms with Crippen molar-refractivity contribution >= 4 is 52.5 Å². The predicted molar refractivity (Wildman–Crippen MR) is 179 cm³/mol. The number of amides is 3. The molecule has 5 rings (SSSR count). The molecular weight excluding hydrogens is 635 g/mol. The number of benzene rings is 1. The van der Waals surface area contributed by atoms with Gasteiger partial charge in [-0.15, -0.1) is 0 Å². The molecule has 46 heavy (non-hydrogen) atoms. The fourth-order valence-electron chi connectivity index (χ4n) is 6.64. The molecule has 1 aromatic rings. The molecule has 3 amide bonds. The molecule has 3 atom stereocenters. The number of halogens is 2. The van der Waals surface area contributed by atoms with Crippen LogP contribution in [0.5, 0.6) is 11.5 Å². The Morgan fingerprint density at radius 2 is 1.83 bits per heavy atom. The fraction of sp³-hybridized carbons (Fsp3) is 0.548. The minimum atomic E-state index is -0.510. The molecule has 2 fully saturated rings. The molecule has 2 aliphatic heterocycles. The maximum atomic E-state index is 13.4. The molecule has 13 nitrogen and oxygen atoms in total. The monoisotopic (exact) mass is 676 g/mol. The summed E-state index contributed by atoms with van der Waals surface area (Å²) in [5.41, 5.74) is 1.95. The van der Waals surface area contributed by atoms with Gasteiger partial charge in [-0.05, 0) is 32.3 Å². The van der Waals surface area contributed by atoms with Gasteiger partial charge in [-0.2, -0.15) is 0 Å². The average Bonchev–Trinajstić information content (AvgIpc) is 3.80. The molecule has 0 radical (unpaired) electrons. The maximum Gasteiger partial charge on any atom is 0.327 e. The number of β-amino-alcohol motifs (C(OH)–C–C–N with tert-alkyl or cyclic N) is 1. The van der Waals surface area contributed by atoms with E-state index in [4.69, 9.17) is 37.7 Å². The van der Waals surface area contributed by atoms with E-state index in [1.807, 2.05) is 6.92 Å². The lowest BCUT2D eigenvalue weighted by Crippen LogP contribution is -2.54. The number of methoxy groups -OCH3 is 2. The minimum absolute atomic E-state index is 0.0121. The van der Waals surface area contributed by atoms with Gasteiger partial charge in [-0.25, -0.2) is 14.8 Å². The Labute approximate surface area is 279 Å². The smallest absolute Gasteiger partial charge is 0.327 e. The number of aliphatic imine (C=N–C) groups is 2. The molecule has 2 heterocycles. The largest absolute Gasteiger partial charge is 0.495 e. The van der Waals surface area contributed by atoms with Gasteiger partial charge < -0.3 is 30.5 Å². The Hall–Kier alpha value is -3.36. The summed E-state index contributed by atoms with van der Waals surface area (Å²) in [5, 5.41) is 19.0. The summed E-state index contributed by atoms with van der Waals surface area (Å²) in [7, 11) is 4.52. The molecule has 0 spiro atoms. The van der Waals surface area contributed by atoms with Crippen molar-refractivity contribution in [3.8, 4) is 11.5 Å². The molecule has 4 N–H and O–H groups in total. The van der Waals surface area contributed by atoms with Gasteiger partial charge in [0, 0.05) is 68.7 Å². The van der Waals surface area contributed by atoms with Crippen LogP contribution < -0.4 is 25.4 Å². The van der Waals surface area contributed by atoms with Crippen LogP contribution in [0, 0.1) is 5.92 Å². The Balaban J connectivity index is 1.30. The zero-order valence-corrected chi connectivity index (χ0v) is 28.2. The number of allylic oxidation sites excluding steroid dienone is 1. The van der Waals surface area contributed by atoms with E-state index in [-0.39, 0.29) is 46.1 Å². The lowest BCUT2D eigenvalue weighted by Gasteiger charge is -2.42. The minimum Gasteiger partial charge on any atom is -0.495 e. The Kier molecular flexibility index (Phi) is 10.5. The van der Waals surface area contributed by atoms with Gasteiger partial charge in [0.15, 0.2) is 0 Å². The number of urea groups is 1. The number of aliphatic hydroxyl groups is 1. The summed E-state index contributed by atoms with van der Waals surface area (Å²) < 4.78 is 10.6. The highest BCUT2D eigenvalue weighted by Crippen LogP contribution is 2.58. The van der Waals surface area contributed by atoms with Crippen LogP contribution in [-0.4, -0.2) is 116 Å². The highest BCUT2D eigenvalue weighted by Gasteiger charge is 2.62. The number of anilines is 1. The first-order valence-electron chi connectivity index (χ1n) is 15.3. The van der Waals surface area contributed by atoms with Crippen molar-refractivity contribution in [2.24, 2.45) is 15.9 Å². The van der Waals surface area contributed by atoms with Crippen molar-refractivity contribution in [3.05, 3.63) is 40.2 Å². The van der Waals surface area contributed by atoms with Crippen LogP contribution in [0.4, 0.5) is 10.5 Å². The third kappa shape index (κ3) is 6.84. The van der Waals surface area contributed by atoms with Crippen LogP contribution in [0.25, 0.3) is 0 Å². The Morgan fingerprint density at radius 1 is 1.15 bits per heavy atom. The van der Waals surface area contributed by atoms with E-state index in [9.17, 15) is 14.7 Å². The maximum absolute atomic E-state index is 13.4. The third-order valence-corrected chi connectivity index (χ3v) is 9.94. The van der Waals surface area contributed by atoms with E-state index in [1.54, 1.807) is 13.1 Å². The zero-order valence-electron chi connectivity index (χ0n) is 26.7. The number of amidine groups is 2. The topological polar surface area (TPSA) is 143 Å². The van der Waals surface area contributed by atoms with Crippen LogP contribution in [0.3, 0.4) is 0 Å². The van der Waals surface area contributed by atoms with E-state index in [1.165, 1.54) is 25.2 Å². The lowest BCUT2D eigenvalue weighted by atomic mass is 9.93. The third-order valence-electron chi connectivity index (χ3n) is 9.19. The number of fused-ring (bicyclic) bond motifs is 1. The Bertz CT molecular complexity index is 1450. The highest BCUT2D eigenvalue weighted by atomic mass is 35.5. The molecule has 1 aromatic carbocycles. The summed E-state index contributed by atoms with van der Waals surface area (Å²) in [5.74, 6) is 1.64. The standard InChI is InChI=1S/C31H42Cl2N8O5/c1-6-25(43)37-28-19-17-31(19,41-11-9-40(10-12-41)13-14-42)8-7-20(28)36-23-16-24(35-18(2)34-23)39(3)30(44)38-29-26(32)21(45-4)15-22(46-5)27(29)33/h6,15,18-19,42H,1,7-14,16-17H2,2-5H3,(H,34,36)(H,37,43)(H,38,44). The summed E-state index contributed by atoms with van der Waals surface area (Å²) in [6, 6.07) is 1.03. The number of nitrogens with one attached hydrogen (secondary N) is 3. The van der Waals surface area contributed by atoms with Crippen molar-refractivity contribution in [3.63, 3.8) is 0 Å². The number of carbonyl (C=O) groups is 2. The van der Waals surface area contributed by atoms with E-state index >= 15 is 0 Å². The Morgan fingerprint density at radius 3 is 2.43 bits per heavy atom. The van der Waals surface area contributed by atoms with Gasteiger partial charge in [0.05, 0.1) is 32.9 Å².